The molecule has 150 valence electrons. The Morgan fingerprint density at radius 2 is 1.90 bits per heavy atom. The van der Waals surface area contributed by atoms with E-state index in [-0.39, 0.29) is 11.3 Å². The Kier molecular flexibility index (Phi) is 6.38. The second-order valence-electron chi connectivity index (χ2n) is 6.46. The number of Topliss-reactive ketones (excluding diaryl/α,β-unsaturated/α-hetero) is 1. The van der Waals surface area contributed by atoms with Crippen LogP contribution in [0.3, 0.4) is 0 Å². The van der Waals surface area contributed by atoms with E-state index in [9.17, 15) is 14.0 Å². The van der Waals surface area contributed by atoms with Crippen LogP contribution < -0.4 is 0 Å². The zero-order chi connectivity index (χ0) is 21.0. The van der Waals surface area contributed by atoms with E-state index in [4.69, 9.17) is 4.74 Å². The fraction of sp³-hybridized carbons (Fsp3) is 0.250. The molecule has 1 heterocycles. The second-order valence-corrected chi connectivity index (χ2v) is 7.40. The van der Waals surface area contributed by atoms with Crippen molar-refractivity contribution in [3.05, 3.63) is 65.0 Å². The molecule has 0 unspecified atom stereocenters. The highest BCUT2D eigenvalue weighted by Gasteiger charge is 2.21. The van der Waals surface area contributed by atoms with Crippen LogP contribution in [0.4, 0.5) is 4.39 Å². The first-order valence-corrected chi connectivity index (χ1v) is 9.82. The highest BCUT2D eigenvalue weighted by Crippen LogP contribution is 2.22. The maximum Gasteiger partial charge on any atom is 0.317 e. The summed E-state index contributed by atoms with van der Waals surface area (Å²) in [5.41, 5.74) is 3.15. The van der Waals surface area contributed by atoms with Gasteiger partial charge in [-0.05, 0) is 72.7 Å². The molecular weight excluding hydrogens is 395 g/mol. The number of aryl methyl sites for hydroxylation is 2. The van der Waals surface area contributed by atoms with Gasteiger partial charge < -0.3 is 4.74 Å². The summed E-state index contributed by atoms with van der Waals surface area (Å²) in [6, 6.07) is 11.0. The van der Waals surface area contributed by atoms with Crippen LogP contribution in [0.2, 0.25) is 0 Å². The Morgan fingerprint density at radius 3 is 2.62 bits per heavy atom. The van der Waals surface area contributed by atoms with E-state index in [0.29, 0.717) is 5.16 Å². The number of thioether (sulfide) groups is 1. The van der Waals surface area contributed by atoms with Gasteiger partial charge in [0.05, 0.1) is 11.4 Å². The number of hydrogen-bond acceptors (Lipinski definition) is 7. The van der Waals surface area contributed by atoms with E-state index in [0.717, 1.165) is 28.6 Å². The molecule has 3 rings (SSSR count). The first-order chi connectivity index (χ1) is 13.8. The van der Waals surface area contributed by atoms with Gasteiger partial charge >= 0.3 is 5.97 Å². The minimum absolute atomic E-state index is 0.0632. The van der Waals surface area contributed by atoms with Crippen LogP contribution >= 0.6 is 11.8 Å². The minimum atomic E-state index is -0.983. The van der Waals surface area contributed by atoms with Crippen molar-refractivity contribution < 1.29 is 18.7 Å². The number of tetrazole rings is 1. The first-order valence-electron chi connectivity index (χ1n) is 8.83. The molecule has 0 saturated carbocycles. The molecule has 0 aliphatic carbocycles. The molecule has 0 radical (unpaired) electrons. The van der Waals surface area contributed by atoms with Crippen molar-refractivity contribution in [1.82, 2.24) is 20.2 Å². The zero-order valence-electron chi connectivity index (χ0n) is 16.1. The minimum Gasteiger partial charge on any atom is -0.454 e. The fourth-order valence-corrected chi connectivity index (χ4v) is 3.29. The molecule has 2 aromatic carbocycles. The molecule has 1 aromatic heterocycles. The number of benzene rings is 2. The molecule has 0 saturated heterocycles. The van der Waals surface area contributed by atoms with Crippen molar-refractivity contribution in [2.75, 3.05) is 5.75 Å². The van der Waals surface area contributed by atoms with Crippen LogP contribution in [0.1, 0.15) is 28.4 Å². The average molecular weight is 414 g/mol. The number of hydrogen-bond donors (Lipinski definition) is 0. The van der Waals surface area contributed by atoms with E-state index in [1.807, 2.05) is 32.0 Å². The number of carbonyl (C=O) groups excluding carboxylic acids is 2. The Hall–Kier alpha value is -3.07. The Balaban J connectivity index is 1.62. The van der Waals surface area contributed by atoms with Gasteiger partial charge in [-0.3, -0.25) is 9.59 Å². The molecule has 1 atom stereocenters. The van der Waals surface area contributed by atoms with Crippen LogP contribution in [0, 0.1) is 19.7 Å². The number of halogens is 1. The van der Waals surface area contributed by atoms with E-state index in [1.165, 1.54) is 31.2 Å². The Labute approximate surface area is 171 Å². The maximum absolute atomic E-state index is 13.0. The molecule has 3 aromatic rings. The van der Waals surface area contributed by atoms with Crippen molar-refractivity contribution in [2.45, 2.75) is 32.0 Å². The quantitative estimate of drug-likeness (QED) is 0.333. The third-order valence-corrected chi connectivity index (χ3v) is 5.05. The average Bonchev–Trinajstić information content (AvgIpc) is 3.16. The summed E-state index contributed by atoms with van der Waals surface area (Å²) < 4.78 is 19.7. The topological polar surface area (TPSA) is 87.0 Å². The molecular formula is C20H19FN4O3S. The van der Waals surface area contributed by atoms with Crippen LogP contribution in [0.25, 0.3) is 5.69 Å². The molecule has 7 nitrogen and oxygen atoms in total. The van der Waals surface area contributed by atoms with E-state index < -0.39 is 23.7 Å². The van der Waals surface area contributed by atoms with Gasteiger partial charge in [0.25, 0.3) is 0 Å². The lowest BCUT2D eigenvalue weighted by Gasteiger charge is -2.12. The molecule has 9 heteroatoms. The second kappa shape index (κ2) is 8.95. The van der Waals surface area contributed by atoms with Crippen molar-refractivity contribution in [2.24, 2.45) is 0 Å². The van der Waals surface area contributed by atoms with Gasteiger partial charge in [-0.2, -0.15) is 4.68 Å². The summed E-state index contributed by atoms with van der Waals surface area (Å²) >= 11 is 1.11. The zero-order valence-corrected chi connectivity index (χ0v) is 16.9. The normalized spacial score (nSPS) is 11.9. The van der Waals surface area contributed by atoms with Gasteiger partial charge in [-0.25, -0.2) is 4.39 Å². The Bertz CT molecular complexity index is 1040. The van der Waals surface area contributed by atoms with Gasteiger partial charge in [0.15, 0.2) is 6.10 Å². The lowest BCUT2D eigenvalue weighted by molar-refractivity contribution is -0.143. The summed E-state index contributed by atoms with van der Waals surface area (Å²) in [7, 11) is 0. The van der Waals surface area contributed by atoms with E-state index in [2.05, 4.69) is 15.5 Å². The maximum atomic E-state index is 13.0. The van der Waals surface area contributed by atoms with Gasteiger partial charge in [0.2, 0.25) is 10.9 Å². The molecule has 0 bridgehead atoms. The summed E-state index contributed by atoms with van der Waals surface area (Å²) in [5.74, 6) is -1.48. The smallest absolute Gasteiger partial charge is 0.317 e. The lowest BCUT2D eigenvalue weighted by atomic mass is 10.1. The predicted molar refractivity (Wildman–Crippen MR) is 106 cm³/mol. The number of carbonyl (C=O) groups is 2. The monoisotopic (exact) mass is 414 g/mol. The number of ether oxygens (including phenoxy) is 1. The van der Waals surface area contributed by atoms with E-state index in [1.54, 1.807) is 4.68 Å². The van der Waals surface area contributed by atoms with Crippen molar-refractivity contribution in [3.63, 3.8) is 0 Å². The van der Waals surface area contributed by atoms with Crippen molar-refractivity contribution in [3.8, 4) is 5.69 Å². The third-order valence-electron chi connectivity index (χ3n) is 4.16. The number of ketones is 1. The van der Waals surface area contributed by atoms with Gasteiger partial charge in [-0.15, -0.1) is 5.10 Å². The van der Waals surface area contributed by atoms with Crippen LogP contribution in [0.5, 0.6) is 0 Å². The standard InChI is InChI=1S/C20H19FN4O3S/c1-12-4-5-13(2)17(10-12)25-20(22-23-24-25)29-11-18(26)28-14(3)19(27)15-6-8-16(21)9-7-15/h4-10,14H,11H2,1-3H3/t14-/m1/s1. The van der Waals surface area contributed by atoms with Gasteiger partial charge in [0, 0.05) is 5.56 Å². The van der Waals surface area contributed by atoms with Crippen molar-refractivity contribution in [1.29, 1.82) is 0 Å². The number of rotatable bonds is 7. The SMILES string of the molecule is Cc1ccc(C)c(-n2nnnc2SCC(=O)O[C@H](C)C(=O)c2ccc(F)cc2)c1. The largest absolute Gasteiger partial charge is 0.454 e. The molecule has 29 heavy (non-hydrogen) atoms. The summed E-state index contributed by atoms with van der Waals surface area (Å²) in [6.45, 7) is 5.40. The van der Waals surface area contributed by atoms with Crippen LogP contribution in [-0.4, -0.2) is 43.8 Å². The molecule has 0 fully saturated rings. The molecule has 0 spiro atoms. The highest BCUT2D eigenvalue weighted by atomic mass is 32.2. The Morgan fingerprint density at radius 1 is 1.17 bits per heavy atom. The molecule has 0 aliphatic rings. The highest BCUT2D eigenvalue weighted by molar-refractivity contribution is 7.99. The molecule has 0 amide bonds. The molecule has 0 aliphatic heterocycles. The summed E-state index contributed by atoms with van der Waals surface area (Å²) in [4.78, 5) is 24.5. The van der Waals surface area contributed by atoms with Gasteiger partial charge in [-0.1, -0.05) is 23.9 Å². The predicted octanol–water partition coefficient (Wildman–Crippen LogP) is 3.32. The third kappa shape index (κ3) is 5.05. The van der Waals surface area contributed by atoms with Crippen LogP contribution in [-0.2, 0) is 9.53 Å². The fourth-order valence-electron chi connectivity index (χ4n) is 2.62. The first kappa shape index (κ1) is 20.7. The lowest BCUT2D eigenvalue weighted by Crippen LogP contribution is -2.25. The van der Waals surface area contributed by atoms with E-state index >= 15 is 0 Å². The van der Waals surface area contributed by atoms with Crippen molar-refractivity contribution >= 4 is 23.5 Å². The number of nitrogens with zero attached hydrogens (tertiary/aromatic N) is 4. The summed E-state index contributed by atoms with van der Waals surface area (Å²) in [5, 5.41) is 12.1. The number of aromatic nitrogens is 4. The number of esters is 1. The van der Waals surface area contributed by atoms with Gasteiger partial charge in [0.1, 0.15) is 5.82 Å². The molecule has 0 N–H and O–H groups in total. The van der Waals surface area contributed by atoms with Crippen LogP contribution in [0.15, 0.2) is 47.6 Å². The summed E-state index contributed by atoms with van der Waals surface area (Å²) in [6.07, 6.45) is -0.983.